The number of carbonyl (C=O) groups is 3. The van der Waals surface area contributed by atoms with Gasteiger partial charge in [-0.3, -0.25) is 14.4 Å². The fraction of sp³-hybridized carbons (Fsp3) is 0.656. The highest BCUT2D eigenvalue weighted by Crippen LogP contribution is 2.55. The van der Waals surface area contributed by atoms with E-state index < -0.39 is 29.6 Å². The van der Waals surface area contributed by atoms with E-state index in [2.05, 4.69) is 15.5 Å². The minimum Gasteiger partial charge on any atom is -0.359 e. The van der Waals surface area contributed by atoms with Gasteiger partial charge in [-0.05, 0) is 88.8 Å². The number of likely N-dealkylation sites (tertiary alicyclic amines) is 2. The number of amides is 3. The SMILES string of the molecule is Cc1ccc(NC(=O)[C@H]2[C@@H]3C=C[C@]4(O3)[C@@H]2C(=O)N(CCCN2CCCCC2)[C@@H]4C(=O)NC2CCCCC2)cc1C. The zero-order valence-electron chi connectivity index (χ0n) is 24.0. The fourth-order valence-corrected chi connectivity index (χ4v) is 7.73. The summed E-state index contributed by atoms with van der Waals surface area (Å²) < 4.78 is 6.51. The zero-order chi connectivity index (χ0) is 27.9. The number of aryl methyl sites for hydroxylation is 2. The molecule has 2 N–H and O–H groups in total. The van der Waals surface area contributed by atoms with Crippen molar-refractivity contribution in [3.8, 4) is 0 Å². The van der Waals surface area contributed by atoms with E-state index in [1.807, 2.05) is 44.2 Å². The smallest absolute Gasteiger partial charge is 0.246 e. The Bertz CT molecular complexity index is 1170. The molecule has 5 aliphatic rings. The van der Waals surface area contributed by atoms with Crippen LogP contribution in [0.25, 0.3) is 0 Å². The molecular formula is C32H44N4O4. The van der Waals surface area contributed by atoms with E-state index in [9.17, 15) is 14.4 Å². The maximum Gasteiger partial charge on any atom is 0.246 e. The Balaban J connectivity index is 1.24. The summed E-state index contributed by atoms with van der Waals surface area (Å²) in [6.45, 7) is 7.65. The molecule has 40 heavy (non-hydrogen) atoms. The maximum atomic E-state index is 14.2. The third kappa shape index (κ3) is 4.98. The number of carbonyl (C=O) groups excluding carboxylic acids is 3. The van der Waals surface area contributed by atoms with Crippen molar-refractivity contribution in [3.05, 3.63) is 41.5 Å². The molecule has 4 aliphatic heterocycles. The lowest BCUT2D eigenvalue weighted by Crippen LogP contribution is -2.56. The van der Waals surface area contributed by atoms with Crippen molar-refractivity contribution < 1.29 is 19.1 Å². The van der Waals surface area contributed by atoms with Gasteiger partial charge in [0, 0.05) is 18.3 Å². The molecule has 8 heteroatoms. The van der Waals surface area contributed by atoms with Crippen molar-refractivity contribution in [2.45, 2.75) is 95.4 Å². The molecule has 0 unspecified atom stereocenters. The molecule has 3 saturated heterocycles. The lowest BCUT2D eigenvalue weighted by Gasteiger charge is -2.34. The van der Waals surface area contributed by atoms with E-state index in [1.165, 1.54) is 25.7 Å². The highest BCUT2D eigenvalue weighted by molar-refractivity contribution is 6.02. The van der Waals surface area contributed by atoms with Crippen LogP contribution in [-0.4, -0.2) is 77.5 Å². The second kappa shape index (κ2) is 11.3. The van der Waals surface area contributed by atoms with E-state index in [4.69, 9.17) is 4.74 Å². The molecule has 6 rings (SSSR count). The molecule has 3 amide bonds. The van der Waals surface area contributed by atoms with Gasteiger partial charge in [-0.25, -0.2) is 0 Å². The second-order valence-electron chi connectivity index (χ2n) is 12.6. The highest BCUT2D eigenvalue weighted by atomic mass is 16.5. The normalized spacial score (nSPS) is 31.9. The van der Waals surface area contributed by atoms with Crippen LogP contribution >= 0.6 is 0 Å². The quantitative estimate of drug-likeness (QED) is 0.484. The molecule has 2 bridgehead atoms. The fourth-order valence-electron chi connectivity index (χ4n) is 7.73. The maximum absolute atomic E-state index is 14.2. The zero-order valence-corrected chi connectivity index (χ0v) is 24.0. The molecule has 1 spiro atoms. The van der Waals surface area contributed by atoms with Gasteiger partial charge in [0.25, 0.3) is 0 Å². The molecule has 216 valence electrons. The van der Waals surface area contributed by atoms with Crippen LogP contribution in [0.15, 0.2) is 30.4 Å². The Morgan fingerprint density at radius 3 is 2.48 bits per heavy atom. The predicted molar refractivity (Wildman–Crippen MR) is 154 cm³/mol. The number of nitrogens with one attached hydrogen (secondary N) is 2. The minimum absolute atomic E-state index is 0.130. The lowest BCUT2D eigenvalue weighted by molar-refractivity contribution is -0.141. The van der Waals surface area contributed by atoms with E-state index in [0.717, 1.165) is 62.9 Å². The number of benzene rings is 1. The van der Waals surface area contributed by atoms with Crippen LogP contribution in [0.4, 0.5) is 5.69 Å². The summed E-state index contributed by atoms with van der Waals surface area (Å²) in [4.78, 5) is 46.0. The molecule has 1 saturated carbocycles. The Morgan fingerprint density at radius 1 is 0.975 bits per heavy atom. The number of piperidine rings is 1. The average Bonchev–Trinajstić information content (AvgIpc) is 3.59. The first kappa shape index (κ1) is 27.5. The first-order chi connectivity index (χ1) is 19.4. The monoisotopic (exact) mass is 548 g/mol. The number of anilines is 1. The largest absolute Gasteiger partial charge is 0.359 e. The summed E-state index contributed by atoms with van der Waals surface area (Å²) in [6, 6.07) is 5.21. The molecule has 0 radical (unpaired) electrons. The summed E-state index contributed by atoms with van der Waals surface area (Å²) >= 11 is 0. The first-order valence-electron chi connectivity index (χ1n) is 15.5. The number of rotatable bonds is 8. The Hall–Kier alpha value is -2.71. The minimum atomic E-state index is -1.10. The molecule has 4 fully saturated rings. The molecule has 1 aliphatic carbocycles. The van der Waals surface area contributed by atoms with Gasteiger partial charge in [0.2, 0.25) is 17.7 Å². The molecule has 0 aromatic heterocycles. The van der Waals surface area contributed by atoms with Gasteiger partial charge in [0.1, 0.15) is 11.6 Å². The van der Waals surface area contributed by atoms with Crippen LogP contribution in [0.3, 0.4) is 0 Å². The molecule has 8 nitrogen and oxygen atoms in total. The Labute approximate surface area is 237 Å². The van der Waals surface area contributed by atoms with Gasteiger partial charge in [-0.2, -0.15) is 0 Å². The van der Waals surface area contributed by atoms with Gasteiger partial charge in [-0.1, -0.05) is 43.9 Å². The van der Waals surface area contributed by atoms with Crippen molar-refractivity contribution in [1.29, 1.82) is 0 Å². The van der Waals surface area contributed by atoms with Crippen LogP contribution in [0.2, 0.25) is 0 Å². The van der Waals surface area contributed by atoms with E-state index in [-0.39, 0.29) is 23.8 Å². The van der Waals surface area contributed by atoms with Crippen LogP contribution in [0, 0.1) is 25.7 Å². The van der Waals surface area contributed by atoms with Crippen LogP contribution in [0.1, 0.15) is 68.9 Å². The Morgan fingerprint density at radius 2 is 1.73 bits per heavy atom. The van der Waals surface area contributed by atoms with Gasteiger partial charge in [0.15, 0.2) is 0 Å². The summed E-state index contributed by atoms with van der Waals surface area (Å²) in [5, 5.41) is 6.33. The van der Waals surface area contributed by atoms with Crippen molar-refractivity contribution in [3.63, 3.8) is 0 Å². The number of ether oxygens (including phenoxy) is 1. The first-order valence-corrected chi connectivity index (χ1v) is 15.5. The van der Waals surface area contributed by atoms with Gasteiger partial charge in [0.05, 0.1) is 17.9 Å². The number of hydrogen-bond acceptors (Lipinski definition) is 5. The number of hydrogen-bond donors (Lipinski definition) is 2. The van der Waals surface area contributed by atoms with Crippen molar-refractivity contribution in [2.24, 2.45) is 11.8 Å². The molecular weight excluding hydrogens is 504 g/mol. The third-order valence-corrected chi connectivity index (χ3v) is 9.97. The topological polar surface area (TPSA) is 91.0 Å². The lowest BCUT2D eigenvalue weighted by atomic mass is 9.74. The molecule has 5 atom stereocenters. The predicted octanol–water partition coefficient (Wildman–Crippen LogP) is 3.72. The number of nitrogens with zero attached hydrogens (tertiary/aromatic N) is 2. The standard InChI is InChI=1S/C32H44N4O4/c1-21-12-13-24(20-22(21)2)34-29(37)26-25-14-15-32(40-25)27(26)31(39)36(19-9-18-35-16-7-4-8-17-35)28(32)30(38)33-23-10-5-3-6-11-23/h12-15,20,23,25-28H,3-11,16-19H2,1-2H3,(H,33,38)(H,34,37)/t25-,26-,27-,28+,32-/m0/s1. The van der Waals surface area contributed by atoms with Crippen molar-refractivity contribution >= 4 is 23.4 Å². The van der Waals surface area contributed by atoms with Crippen LogP contribution < -0.4 is 10.6 Å². The summed E-state index contributed by atoms with van der Waals surface area (Å²) in [6.07, 6.45) is 13.2. The van der Waals surface area contributed by atoms with Gasteiger partial charge in [-0.15, -0.1) is 0 Å². The second-order valence-corrected chi connectivity index (χ2v) is 12.6. The summed E-state index contributed by atoms with van der Waals surface area (Å²) in [5.74, 6) is -1.86. The molecule has 4 heterocycles. The van der Waals surface area contributed by atoms with Crippen molar-refractivity contribution in [1.82, 2.24) is 15.1 Å². The van der Waals surface area contributed by atoms with Gasteiger partial charge >= 0.3 is 0 Å². The van der Waals surface area contributed by atoms with E-state index in [1.54, 1.807) is 4.90 Å². The Kier molecular flexibility index (Phi) is 7.75. The number of fused-ring (bicyclic) bond motifs is 1. The molecule has 1 aromatic carbocycles. The van der Waals surface area contributed by atoms with E-state index >= 15 is 0 Å². The van der Waals surface area contributed by atoms with Crippen LogP contribution in [-0.2, 0) is 19.1 Å². The highest BCUT2D eigenvalue weighted by Gasteiger charge is 2.72. The van der Waals surface area contributed by atoms with Crippen LogP contribution in [0.5, 0.6) is 0 Å². The third-order valence-electron chi connectivity index (χ3n) is 9.97. The van der Waals surface area contributed by atoms with Gasteiger partial charge < -0.3 is 25.2 Å². The van der Waals surface area contributed by atoms with Crippen molar-refractivity contribution in [2.75, 3.05) is 31.5 Å². The average molecular weight is 549 g/mol. The molecule has 1 aromatic rings. The summed E-state index contributed by atoms with van der Waals surface area (Å²) in [7, 11) is 0. The summed E-state index contributed by atoms with van der Waals surface area (Å²) in [5.41, 5.74) is 1.86. The van der Waals surface area contributed by atoms with E-state index in [0.29, 0.717) is 12.2 Å².